The van der Waals surface area contributed by atoms with E-state index < -0.39 is 6.36 Å². The minimum atomic E-state index is -4.69. The number of nitrogens with zero attached hydrogens (tertiary/aromatic N) is 1. The third-order valence-corrected chi connectivity index (χ3v) is 4.00. The summed E-state index contributed by atoms with van der Waals surface area (Å²) >= 11 is 0. The number of hydrogen-bond donors (Lipinski definition) is 1. The maximum atomic E-state index is 12.4. The van der Waals surface area contributed by atoms with E-state index in [0.29, 0.717) is 5.56 Å². The van der Waals surface area contributed by atoms with Gasteiger partial charge in [-0.25, -0.2) is 0 Å². The van der Waals surface area contributed by atoms with Gasteiger partial charge in [-0.1, -0.05) is 18.2 Å². The van der Waals surface area contributed by atoms with Crippen molar-refractivity contribution in [2.24, 2.45) is 0 Å². The van der Waals surface area contributed by atoms with Crippen LogP contribution in [0.3, 0.4) is 0 Å². The molecule has 0 radical (unpaired) electrons. The average Bonchev–Trinajstić information content (AvgIpc) is 2.93. The van der Waals surface area contributed by atoms with Crippen molar-refractivity contribution in [3.05, 3.63) is 54.2 Å². The Balaban J connectivity index is 1.93. The monoisotopic (exact) mass is 348 g/mol. The first-order chi connectivity index (χ1) is 11.8. The molecule has 1 heterocycles. The van der Waals surface area contributed by atoms with Crippen molar-refractivity contribution in [1.29, 1.82) is 0 Å². The Kier molecular flexibility index (Phi) is 4.72. The van der Waals surface area contributed by atoms with Crippen molar-refractivity contribution in [2.75, 3.05) is 20.6 Å². The SMILES string of the molecule is CN(C)CCc1c[nH]c2ccc(-c3cccc(OC(F)(F)F)c3)cc12. The molecule has 0 spiro atoms. The lowest BCUT2D eigenvalue weighted by molar-refractivity contribution is -0.274. The molecule has 6 heteroatoms. The molecule has 0 amide bonds. The lowest BCUT2D eigenvalue weighted by Gasteiger charge is -2.11. The topological polar surface area (TPSA) is 28.3 Å². The van der Waals surface area contributed by atoms with Crippen LogP contribution in [0.1, 0.15) is 5.56 Å². The van der Waals surface area contributed by atoms with E-state index in [1.54, 1.807) is 12.1 Å². The van der Waals surface area contributed by atoms with Gasteiger partial charge in [0.1, 0.15) is 5.75 Å². The first kappa shape index (κ1) is 17.4. The summed E-state index contributed by atoms with van der Waals surface area (Å²) in [6.07, 6.45) is -1.81. The van der Waals surface area contributed by atoms with Gasteiger partial charge in [0.15, 0.2) is 0 Å². The molecule has 0 fully saturated rings. The van der Waals surface area contributed by atoms with Crippen LogP contribution < -0.4 is 4.74 Å². The maximum Gasteiger partial charge on any atom is 0.573 e. The second-order valence-electron chi connectivity index (χ2n) is 6.20. The van der Waals surface area contributed by atoms with Gasteiger partial charge in [0, 0.05) is 23.6 Å². The number of fused-ring (bicyclic) bond motifs is 1. The highest BCUT2D eigenvalue weighted by Crippen LogP contribution is 2.30. The molecule has 1 N–H and O–H groups in total. The smallest absolute Gasteiger partial charge is 0.406 e. The molecule has 0 saturated heterocycles. The van der Waals surface area contributed by atoms with E-state index in [0.717, 1.165) is 29.4 Å². The fraction of sp³-hybridized carbons (Fsp3) is 0.263. The summed E-state index contributed by atoms with van der Waals surface area (Å²) in [5.41, 5.74) is 3.74. The lowest BCUT2D eigenvalue weighted by Crippen LogP contribution is -2.17. The molecule has 1 aromatic heterocycles. The summed E-state index contributed by atoms with van der Waals surface area (Å²) in [7, 11) is 4.04. The van der Waals surface area contributed by atoms with E-state index in [4.69, 9.17) is 0 Å². The number of benzene rings is 2. The fourth-order valence-corrected chi connectivity index (χ4v) is 2.78. The molecule has 0 saturated carbocycles. The van der Waals surface area contributed by atoms with Crippen molar-refractivity contribution >= 4 is 10.9 Å². The third-order valence-electron chi connectivity index (χ3n) is 4.00. The Morgan fingerprint density at radius 1 is 1.04 bits per heavy atom. The maximum absolute atomic E-state index is 12.4. The van der Waals surface area contributed by atoms with E-state index in [1.165, 1.54) is 17.7 Å². The molecule has 132 valence electrons. The fourth-order valence-electron chi connectivity index (χ4n) is 2.78. The standard InChI is InChI=1S/C19H19F3N2O/c1-24(2)9-8-15-12-23-18-7-6-14(11-17(15)18)13-4-3-5-16(10-13)25-19(20,21)22/h3-7,10-12,23H,8-9H2,1-2H3. The van der Waals surface area contributed by atoms with Gasteiger partial charge in [-0.05, 0) is 61.5 Å². The second kappa shape index (κ2) is 6.80. The van der Waals surface area contributed by atoms with Crippen LogP contribution in [0.15, 0.2) is 48.7 Å². The number of aromatic amines is 1. The number of alkyl halides is 3. The summed E-state index contributed by atoms with van der Waals surface area (Å²) in [5.74, 6) is -0.216. The second-order valence-corrected chi connectivity index (χ2v) is 6.20. The Labute approximate surface area is 144 Å². The molecule has 0 bridgehead atoms. The Hall–Kier alpha value is -2.47. The van der Waals surface area contributed by atoms with Gasteiger partial charge >= 0.3 is 6.36 Å². The van der Waals surface area contributed by atoms with Crippen molar-refractivity contribution < 1.29 is 17.9 Å². The zero-order valence-electron chi connectivity index (χ0n) is 14.0. The number of halogens is 3. The summed E-state index contributed by atoms with van der Waals surface area (Å²) in [6, 6.07) is 11.9. The predicted octanol–water partition coefficient (Wildman–Crippen LogP) is 4.84. The molecule has 0 unspecified atom stereocenters. The molecular weight excluding hydrogens is 329 g/mol. The number of aromatic nitrogens is 1. The predicted molar refractivity (Wildman–Crippen MR) is 92.7 cm³/mol. The highest BCUT2D eigenvalue weighted by Gasteiger charge is 2.31. The summed E-state index contributed by atoms with van der Waals surface area (Å²) in [6.45, 7) is 0.923. The Morgan fingerprint density at radius 3 is 2.52 bits per heavy atom. The third kappa shape index (κ3) is 4.33. The first-order valence-corrected chi connectivity index (χ1v) is 7.93. The molecule has 25 heavy (non-hydrogen) atoms. The van der Waals surface area contributed by atoms with E-state index >= 15 is 0 Å². The minimum absolute atomic E-state index is 0.216. The zero-order chi connectivity index (χ0) is 18.0. The molecule has 0 aliphatic heterocycles. The highest BCUT2D eigenvalue weighted by molar-refractivity contribution is 5.88. The quantitative estimate of drug-likeness (QED) is 0.715. The number of ether oxygens (including phenoxy) is 1. The average molecular weight is 348 g/mol. The zero-order valence-corrected chi connectivity index (χ0v) is 14.0. The molecule has 0 aliphatic carbocycles. The molecule has 3 nitrogen and oxygen atoms in total. The van der Waals surface area contributed by atoms with Crippen LogP contribution in [0.2, 0.25) is 0 Å². The highest BCUT2D eigenvalue weighted by atomic mass is 19.4. The van der Waals surface area contributed by atoms with Crippen LogP contribution >= 0.6 is 0 Å². The number of rotatable bonds is 5. The van der Waals surface area contributed by atoms with Crippen molar-refractivity contribution in [3.8, 4) is 16.9 Å². The van der Waals surface area contributed by atoms with Crippen molar-refractivity contribution in [1.82, 2.24) is 9.88 Å². The minimum Gasteiger partial charge on any atom is -0.406 e. The van der Waals surface area contributed by atoms with E-state index in [2.05, 4.69) is 14.6 Å². The van der Waals surface area contributed by atoms with E-state index in [9.17, 15) is 13.2 Å². The van der Waals surface area contributed by atoms with E-state index in [1.807, 2.05) is 38.5 Å². The van der Waals surface area contributed by atoms with Gasteiger partial charge in [0.2, 0.25) is 0 Å². The van der Waals surface area contributed by atoms with Gasteiger partial charge < -0.3 is 14.6 Å². The summed E-state index contributed by atoms with van der Waals surface area (Å²) < 4.78 is 41.3. The van der Waals surface area contributed by atoms with Crippen LogP contribution in [0.5, 0.6) is 5.75 Å². The Bertz CT molecular complexity index is 868. The number of hydrogen-bond acceptors (Lipinski definition) is 2. The molecule has 3 aromatic rings. The molecule has 0 atom stereocenters. The van der Waals surface area contributed by atoms with Crippen LogP contribution in [-0.4, -0.2) is 36.9 Å². The first-order valence-electron chi connectivity index (χ1n) is 7.93. The number of likely N-dealkylation sites (N-methyl/N-ethyl adjacent to an activating group) is 1. The van der Waals surface area contributed by atoms with Gasteiger partial charge in [-0.3, -0.25) is 0 Å². The van der Waals surface area contributed by atoms with Gasteiger partial charge in [0.25, 0.3) is 0 Å². The van der Waals surface area contributed by atoms with Crippen LogP contribution in [0.4, 0.5) is 13.2 Å². The van der Waals surface area contributed by atoms with Crippen molar-refractivity contribution in [2.45, 2.75) is 12.8 Å². The summed E-state index contributed by atoms with van der Waals surface area (Å²) in [4.78, 5) is 5.35. The van der Waals surface area contributed by atoms with Crippen LogP contribution in [0, 0.1) is 0 Å². The van der Waals surface area contributed by atoms with Crippen LogP contribution in [-0.2, 0) is 6.42 Å². The lowest BCUT2D eigenvalue weighted by atomic mass is 10.0. The van der Waals surface area contributed by atoms with Crippen LogP contribution in [0.25, 0.3) is 22.0 Å². The van der Waals surface area contributed by atoms with Gasteiger partial charge in [0.05, 0.1) is 0 Å². The Morgan fingerprint density at radius 2 is 1.80 bits per heavy atom. The largest absolute Gasteiger partial charge is 0.573 e. The molecular formula is C19H19F3N2O. The molecule has 3 rings (SSSR count). The number of nitrogens with one attached hydrogen (secondary N) is 1. The van der Waals surface area contributed by atoms with Gasteiger partial charge in [-0.2, -0.15) is 0 Å². The normalized spacial score (nSPS) is 12.1. The van der Waals surface area contributed by atoms with Crippen molar-refractivity contribution in [3.63, 3.8) is 0 Å². The van der Waals surface area contributed by atoms with E-state index in [-0.39, 0.29) is 5.75 Å². The van der Waals surface area contributed by atoms with Gasteiger partial charge in [-0.15, -0.1) is 13.2 Å². The summed E-state index contributed by atoms with van der Waals surface area (Å²) in [5, 5.41) is 1.08. The number of H-pyrrole nitrogens is 1. The molecule has 0 aliphatic rings. The molecule has 2 aromatic carbocycles.